The molecule has 0 amide bonds. The molecule has 0 aliphatic heterocycles. The predicted molar refractivity (Wildman–Crippen MR) is 134 cm³/mol. The van der Waals surface area contributed by atoms with Crippen LogP contribution in [0.5, 0.6) is 0 Å². The van der Waals surface area contributed by atoms with Crippen molar-refractivity contribution < 1.29 is 15.3 Å². The number of allylic oxidation sites excluding steroid dienone is 2. The van der Waals surface area contributed by atoms with Crippen molar-refractivity contribution in [2.45, 2.75) is 118 Å². The van der Waals surface area contributed by atoms with E-state index in [1.165, 1.54) is 25.7 Å². The first-order chi connectivity index (χ1) is 15.3. The first kappa shape index (κ1) is 24.3. The van der Waals surface area contributed by atoms with E-state index in [-0.39, 0.29) is 35.1 Å². The van der Waals surface area contributed by atoms with Crippen molar-refractivity contribution in [3.8, 4) is 0 Å². The van der Waals surface area contributed by atoms with Crippen molar-refractivity contribution in [2.24, 2.45) is 50.7 Å². The maximum absolute atomic E-state index is 10.9. The van der Waals surface area contributed by atoms with Crippen LogP contribution in [0, 0.1) is 50.7 Å². The molecule has 0 unspecified atom stereocenters. The van der Waals surface area contributed by atoms with Crippen LogP contribution in [-0.4, -0.2) is 34.1 Å². The van der Waals surface area contributed by atoms with E-state index in [1.807, 2.05) is 0 Å². The second-order valence-corrected chi connectivity index (χ2v) is 14.8. The maximum atomic E-state index is 10.9. The minimum Gasteiger partial charge on any atom is -0.396 e. The minimum atomic E-state index is -0.378. The topological polar surface area (TPSA) is 60.7 Å². The zero-order valence-corrected chi connectivity index (χ0v) is 22.2. The van der Waals surface area contributed by atoms with E-state index in [1.54, 1.807) is 5.57 Å². The van der Waals surface area contributed by atoms with Crippen LogP contribution >= 0.6 is 0 Å². The molecule has 0 heterocycles. The molecule has 5 aliphatic rings. The van der Waals surface area contributed by atoms with E-state index < -0.39 is 0 Å². The third-order valence-electron chi connectivity index (χ3n) is 13.0. The van der Waals surface area contributed by atoms with Gasteiger partial charge in [0.1, 0.15) is 0 Å². The van der Waals surface area contributed by atoms with Gasteiger partial charge in [0.05, 0.1) is 18.8 Å². The Bertz CT molecular complexity index is 817. The Morgan fingerprint density at radius 1 is 0.758 bits per heavy atom. The molecule has 5 rings (SSSR count). The number of aliphatic hydroxyl groups excluding tert-OH is 3. The lowest BCUT2D eigenvalue weighted by Crippen LogP contribution is -2.60. The van der Waals surface area contributed by atoms with Crippen LogP contribution in [0.25, 0.3) is 0 Å². The molecule has 0 aromatic rings. The molecule has 5 aliphatic carbocycles. The van der Waals surface area contributed by atoms with Gasteiger partial charge in [-0.2, -0.15) is 0 Å². The molecule has 0 saturated heterocycles. The smallest absolute Gasteiger partial charge is 0.0618 e. The standard InChI is InChI=1S/C30H50O3/c1-26(2)21-9-7-19-17-27(3)14-11-23-29(5,16-13-25(33)30(23,6)18-31)22(27)10-8-20(19)28(21,4)15-12-24(26)32/h7,20-25,31-33H,8-18H2,1-6H3/t20-,21-,22-,23+,24-,25-,27-,28+,29+,30+/m0/s1. The summed E-state index contributed by atoms with van der Waals surface area (Å²) in [5, 5.41) is 32.2. The third kappa shape index (κ3) is 3.17. The summed E-state index contributed by atoms with van der Waals surface area (Å²) >= 11 is 0. The molecule has 0 aromatic carbocycles. The van der Waals surface area contributed by atoms with E-state index in [0.717, 1.165) is 38.5 Å². The fourth-order valence-electron chi connectivity index (χ4n) is 11.0. The maximum Gasteiger partial charge on any atom is 0.0618 e. The van der Waals surface area contributed by atoms with Gasteiger partial charge in [-0.25, -0.2) is 0 Å². The lowest BCUT2D eigenvalue weighted by molar-refractivity contribution is -0.189. The predicted octanol–water partition coefficient (Wildman–Crippen LogP) is 6.11. The molecular weight excluding hydrogens is 408 g/mol. The van der Waals surface area contributed by atoms with Gasteiger partial charge in [-0.1, -0.05) is 53.2 Å². The Morgan fingerprint density at radius 3 is 2.12 bits per heavy atom. The van der Waals surface area contributed by atoms with Crippen LogP contribution in [0.3, 0.4) is 0 Å². The Balaban J connectivity index is 1.50. The highest BCUT2D eigenvalue weighted by molar-refractivity contribution is 5.25. The summed E-state index contributed by atoms with van der Waals surface area (Å²) in [5.74, 6) is 2.25. The molecule has 0 radical (unpaired) electrons. The summed E-state index contributed by atoms with van der Waals surface area (Å²) in [5.41, 5.74) is 2.15. The zero-order chi connectivity index (χ0) is 24.0. The van der Waals surface area contributed by atoms with Crippen LogP contribution < -0.4 is 0 Å². The Kier molecular flexibility index (Phi) is 5.57. The summed E-state index contributed by atoms with van der Waals surface area (Å²) in [4.78, 5) is 0. The molecule has 3 nitrogen and oxygen atoms in total. The van der Waals surface area contributed by atoms with Crippen LogP contribution in [0.2, 0.25) is 0 Å². The van der Waals surface area contributed by atoms with Gasteiger partial charge in [-0.15, -0.1) is 0 Å². The van der Waals surface area contributed by atoms with Crippen molar-refractivity contribution in [1.82, 2.24) is 0 Å². The quantitative estimate of drug-likeness (QED) is 0.415. The molecule has 0 bridgehead atoms. The van der Waals surface area contributed by atoms with Crippen molar-refractivity contribution in [2.75, 3.05) is 6.61 Å². The Morgan fingerprint density at radius 2 is 1.42 bits per heavy atom. The zero-order valence-electron chi connectivity index (χ0n) is 22.2. The van der Waals surface area contributed by atoms with Gasteiger partial charge in [-0.3, -0.25) is 0 Å². The van der Waals surface area contributed by atoms with Crippen molar-refractivity contribution in [1.29, 1.82) is 0 Å². The van der Waals surface area contributed by atoms with Crippen LogP contribution in [0.15, 0.2) is 11.6 Å². The van der Waals surface area contributed by atoms with Crippen LogP contribution in [0.4, 0.5) is 0 Å². The molecule has 3 N–H and O–H groups in total. The molecule has 10 atom stereocenters. The van der Waals surface area contributed by atoms with E-state index in [0.29, 0.717) is 34.5 Å². The van der Waals surface area contributed by atoms with E-state index >= 15 is 0 Å². The lowest BCUT2D eigenvalue weighted by atomic mass is 9.42. The van der Waals surface area contributed by atoms with Crippen LogP contribution in [-0.2, 0) is 0 Å². The fourth-order valence-corrected chi connectivity index (χ4v) is 11.0. The minimum absolute atomic E-state index is 0.0164. The van der Waals surface area contributed by atoms with Gasteiger partial charge in [-0.05, 0) is 110 Å². The van der Waals surface area contributed by atoms with Gasteiger partial charge < -0.3 is 15.3 Å². The monoisotopic (exact) mass is 458 g/mol. The second-order valence-electron chi connectivity index (χ2n) is 14.8. The fraction of sp³-hybridized carbons (Fsp3) is 0.933. The summed E-state index contributed by atoms with van der Waals surface area (Å²) in [6.45, 7) is 14.5. The van der Waals surface area contributed by atoms with Gasteiger partial charge in [0, 0.05) is 5.41 Å². The number of aliphatic hydroxyl groups is 3. The lowest BCUT2D eigenvalue weighted by Gasteiger charge is -2.64. The number of rotatable bonds is 1. The summed E-state index contributed by atoms with van der Waals surface area (Å²) in [6, 6.07) is 0. The first-order valence-corrected chi connectivity index (χ1v) is 14.0. The van der Waals surface area contributed by atoms with Crippen molar-refractivity contribution in [3.63, 3.8) is 0 Å². The summed E-state index contributed by atoms with van der Waals surface area (Å²) < 4.78 is 0. The Hall–Kier alpha value is -0.380. The molecule has 0 aromatic heterocycles. The average Bonchev–Trinajstić information content (AvgIpc) is 2.91. The molecule has 188 valence electrons. The third-order valence-corrected chi connectivity index (χ3v) is 13.0. The number of hydrogen-bond acceptors (Lipinski definition) is 3. The molecular formula is C30H50O3. The summed E-state index contributed by atoms with van der Waals surface area (Å²) in [6.07, 6.45) is 13.3. The van der Waals surface area contributed by atoms with Gasteiger partial charge >= 0.3 is 0 Å². The molecule has 33 heavy (non-hydrogen) atoms. The number of hydrogen-bond donors (Lipinski definition) is 3. The average molecular weight is 459 g/mol. The molecule has 3 heteroatoms. The Labute approximate surface area is 202 Å². The highest BCUT2D eigenvalue weighted by atomic mass is 16.3. The largest absolute Gasteiger partial charge is 0.396 e. The van der Waals surface area contributed by atoms with Gasteiger partial charge in [0.2, 0.25) is 0 Å². The first-order valence-electron chi connectivity index (χ1n) is 14.0. The second kappa shape index (κ2) is 7.56. The van der Waals surface area contributed by atoms with Crippen molar-refractivity contribution >= 4 is 0 Å². The SMILES string of the molecule is CC1(C)[C@@H](O)CC[C@]2(C)[C@H]3CC[C@H]4[C@@](C)(CC[C@@H]5[C@]4(C)CC[C@H](O)[C@]5(C)CO)CC3=CC[C@@H]12. The summed E-state index contributed by atoms with van der Waals surface area (Å²) in [7, 11) is 0. The normalized spacial score (nSPS) is 55.8. The highest BCUT2D eigenvalue weighted by Gasteiger charge is 2.63. The highest BCUT2D eigenvalue weighted by Crippen LogP contribution is 2.70. The van der Waals surface area contributed by atoms with Gasteiger partial charge in [0.25, 0.3) is 0 Å². The van der Waals surface area contributed by atoms with E-state index in [4.69, 9.17) is 0 Å². The van der Waals surface area contributed by atoms with E-state index in [2.05, 4.69) is 47.6 Å². The van der Waals surface area contributed by atoms with Crippen LogP contribution in [0.1, 0.15) is 106 Å². The molecule has 4 fully saturated rings. The number of fused-ring (bicyclic) bond motifs is 6. The molecule has 4 saturated carbocycles. The van der Waals surface area contributed by atoms with E-state index in [9.17, 15) is 15.3 Å². The van der Waals surface area contributed by atoms with Crippen molar-refractivity contribution in [3.05, 3.63) is 11.6 Å². The molecule has 0 spiro atoms. The van der Waals surface area contributed by atoms with Gasteiger partial charge in [0.15, 0.2) is 0 Å².